The number of hydrogen-bond acceptors (Lipinski definition) is 7. The summed E-state index contributed by atoms with van der Waals surface area (Å²) in [6.45, 7) is 10.4. The van der Waals surface area contributed by atoms with E-state index in [1.165, 1.54) is 5.56 Å². The van der Waals surface area contributed by atoms with Crippen LogP contribution in [-0.2, 0) is 30.7 Å². The van der Waals surface area contributed by atoms with E-state index >= 15 is 0 Å². The van der Waals surface area contributed by atoms with E-state index in [0.717, 1.165) is 68.0 Å². The van der Waals surface area contributed by atoms with E-state index in [1.54, 1.807) is 0 Å². The van der Waals surface area contributed by atoms with Crippen LogP contribution < -0.4 is 10.6 Å². The van der Waals surface area contributed by atoms with Crippen molar-refractivity contribution in [2.24, 2.45) is 0 Å². The van der Waals surface area contributed by atoms with Crippen molar-refractivity contribution in [3.05, 3.63) is 28.7 Å². The molecule has 0 amide bonds. The monoisotopic (exact) mass is 345 g/mol. The molecule has 1 aliphatic rings. The SMILES string of the molecule is CCOCc1nc2c(c(NCCn3nc(C)nc3C)n1)CCNCC2. The minimum atomic E-state index is 0.452. The standard InChI is InChI=1S/C17H27N7O/c1-4-25-11-16-21-15-6-8-18-7-5-14(15)17(22-16)19-9-10-24-13(3)20-12(2)23-24/h18H,4-11H2,1-3H3,(H,19,21,22). The summed E-state index contributed by atoms with van der Waals surface area (Å²) in [4.78, 5) is 13.8. The predicted molar refractivity (Wildman–Crippen MR) is 95.6 cm³/mol. The zero-order chi connectivity index (χ0) is 17.6. The molecule has 0 spiro atoms. The second kappa shape index (κ2) is 8.35. The average molecular weight is 345 g/mol. The maximum absolute atomic E-state index is 5.50. The summed E-state index contributed by atoms with van der Waals surface area (Å²) in [5.74, 6) is 3.41. The van der Waals surface area contributed by atoms with Gasteiger partial charge in [0.05, 0.1) is 12.2 Å². The van der Waals surface area contributed by atoms with E-state index in [4.69, 9.17) is 14.7 Å². The van der Waals surface area contributed by atoms with Crippen molar-refractivity contribution in [3.8, 4) is 0 Å². The van der Waals surface area contributed by atoms with Gasteiger partial charge in [-0.1, -0.05) is 0 Å². The summed E-state index contributed by atoms with van der Waals surface area (Å²) >= 11 is 0. The number of anilines is 1. The minimum Gasteiger partial charge on any atom is -0.374 e. The second-order valence-electron chi connectivity index (χ2n) is 6.16. The summed E-state index contributed by atoms with van der Waals surface area (Å²) in [7, 11) is 0. The van der Waals surface area contributed by atoms with Crippen LogP contribution in [0.5, 0.6) is 0 Å². The molecule has 0 atom stereocenters. The Kier molecular flexibility index (Phi) is 5.93. The zero-order valence-electron chi connectivity index (χ0n) is 15.3. The molecular weight excluding hydrogens is 318 g/mol. The minimum absolute atomic E-state index is 0.452. The maximum Gasteiger partial charge on any atom is 0.156 e. The van der Waals surface area contributed by atoms with E-state index in [9.17, 15) is 0 Å². The third kappa shape index (κ3) is 4.52. The first-order valence-corrected chi connectivity index (χ1v) is 8.96. The number of nitrogens with zero attached hydrogens (tertiary/aromatic N) is 5. The van der Waals surface area contributed by atoms with Crippen LogP contribution in [0.4, 0.5) is 5.82 Å². The fraction of sp³-hybridized carbons (Fsp3) is 0.647. The molecule has 0 unspecified atom stereocenters. The molecule has 0 fully saturated rings. The van der Waals surface area contributed by atoms with E-state index in [1.807, 2.05) is 25.5 Å². The van der Waals surface area contributed by atoms with Crippen LogP contribution in [0.3, 0.4) is 0 Å². The Morgan fingerprint density at radius 3 is 2.76 bits per heavy atom. The lowest BCUT2D eigenvalue weighted by Crippen LogP contribution is -2.17. The molecular formula is C17H27N7O. The molecule has 0 aromatic carbocycles. The first-order chi connectivity index (χ1) is 12.2. The molecule has 8 nitrogen and oxygen atoms in total. The van der Waals surface area contributed by atoms with Crippen LogP contribution in [0.15, 0.2) is 0 Å². The van der Waals surface area contributed by atoms with E-state index in [2.05, 4.69) is 20.7 Å². The molecule has 3 rings (SSSR count). The van der Waals surface area contributed by atoms with Gasteiger partial charge in [-0.15, -0.1) is 0 Å². The van der Waals surface area contributed by atoms with Crippen molar-refractivity contribution < 1.29 is 4.74 Å². The number of aryl methyl sites for hydroxylation is 2. The lowest BCUT2D eigenvalue weighted by atomic mass is 10.1. The van der Waals surface area contributed by atoms with Crippen molar-refractivity contribution in [1.82, 2.24) is 30.0 Å². The summed E-state index contributed by atoms with van der Waals surface area (Å²) < 4.78 is 7.42. The van der Waals surface area contributed by atoms with Gasteiger partial charge in [0.2, 0.25) is 0 Å². The lowest BCUT2D eigenvalue weighted by Gasteiger charge is -2.15. The fourth-order valence-corrected chi connectivity index (χ4v) is 3.05. The van der Waals surface area contributed by atoms with Gasteiger partial charge in [-0.3, -0.25) is 0 Å². The summed E-state index contributed by atoms with van der Waals surface area (Å²) in [5, 5.41) is 11.3. The third-order valence-corrected chi connectivity index (χ3v) is 4.24. The number of aromatic nitrogens is 5. The molecule has 25 heavy (non-hydrogen) atoms. The number of hydrogen-bond donors (Lipinski definition) is 2. The number of nitrogens with one attached hydrogen (secondary N) is 2. The quantitative estimate of drug-likeness (QED) is 0.774. The first-order valence-electron chi connectivity index (χ1n) is 8.96. The normalized spacial score (nSPS) is 14.2. The highest BCUT2D eigenvalue weighted by molar-refractivity contribution is 5.47. The van der Waals surface area contributed by atoms with Gasteiger partial charge < -0.3 is 15.4 Å². The molecule has 136 valence electrons. The highest BCUT2D eigenvalue weighted by Gasteiger charge is 2.16. The van der Waals surface area contributed by atoms with Crippen LogP contribution in [0, 0.1) is 13.8 Å². The summed E-state index contributed by atoms with van der Waals surface area (Å²) in [5.41, 5.74) is 2.35. The van der Waals surface area contributed by atoms with Gasteiger partial charge in [0.1, 0.15) is 24.1 Å². The molecule has 0 saturated carbocycles. The van der Waals surface area contributed by atoms with Crippen LogP contribution in [0.2, 0.25) is 0 Å². The Labute approximate surface area is 148 Å². The van der Waals surface area contributed by atoms with Crippen molar-refractivity contribution in [2.75, 3.05) is 31.6 Å². The Bertz CT molecular complexity index is 713. The second-order valence-corrected chi connectivity index (χ2v) is 6.16. The van der Waals surface area contributed by atoms with E-state index < -0.39 is 0 Å². The molecule has 0 radical (unpaired) electrons. The molecule has 0 saturated heterocycles. The molecule has 2 aromatic rings. The highest BCUT2D eigenvalue weighted by atomic mass is 16.5. The number of fused-ring (bicyclic) bond motifs is 1. The van der Waals surface area contributed by atoms with E-state index in [-0.39, 0.29) is 0 Å². The fourth-order valence-electron chi connectivity index (χ4n) is 3.05. The van der Waals surface area contributed by atoms with Gasteiger partial charge in [0.15, 0.2) is 5.82 Å². The predicted octanol–water partition coefficient (Wildman–Crippen LogP) is 1.02. The van der Waals surface area contributed by atoms with Crippen molar-refractivity contribution in [3.63, 3.8) is 0 Å². The zero-order valence-corrected chi connectivity index (χ0v) is 15.3. The molecule has 0 bridgehead atoms. The number of ether oxygens (including phenoxy) is 1. The van der Waals surface area contributed by atoms with Gasteiger partial charge in [-0.05, 0) is 33.7 Å². The van der Waals surface area contributed by atoms with Crippen LogP contribution >= 0.6 is 0 Å². The molecule has 2 aromatic heterocycles. The number of rotatable bonds is 7. The maximum atomic E-state index is 5.50. The molecule has 2 N–H and O–H groups in total. The van der Waals surface area contributed by atoms with Gasteiger partial charge in [-0.25, -0.2) is 19.6 Å². The first kappa shape index (κ1) is 17.8. The molecule has 0 aliphatic carbocycles. The topological polar surface area (TPSA) is 89.8 Å². The Morgan fingerprint density at radius 1 is 1.16 bits per heavy atom. The molecule has 3 heterocycles. The van der Waals surface area contributed by atoms with Crippen molar-refractivity contribution >= 4 is 5.82 Å². The van der Waals surface area contributed by atoms with Crippen LogP contribution in [0.1, 0.15) is 35.7 Å². The Morgan fingerprint density at radius 2 is 2.00 bits per heavy atom. The largest absolute Gasteiger partial charge is 0.374 e. The lowest BCUT2D eigenvalue weighted by molar-refractivity contribution is 0.128. The Hall–Kier alpha value is -2.06. The van der Waals surface area contributed by atoms with Crippen LogP contribution in [0.25, 0.3) is 0 Å². The molecule has 8 heteroatoms. The van der Waals surface area contributed by atoms with Gasteiger partial charge in [-0.2, -0.15) is 5.10 Å². The van der Waals surface area contributed by atoms with E-state index in [0.29, 0.717) is 13.2 Å². The van der Waals surface area contributed by atoms with Crippen molar-refractivity contribution in [2.45, 2.75) is 46.8 Å². The summed E-state index contributed by atoms with van der Waals surface area (Å²) in [6.07, 6.45) is 1.86. The van der Waals surface area contributed by atoms with Crippen molar-refractivity contribution in [1.29, 1.82) is 0 Å². The Balaban J connectivity index is 1.74. The van der Waals surface area contributed by atoms with Crippen LogP contribution in [-0.4, -0.2) is 51.0 Å². The van der Waals surface area contributed by atoms with Gasteiger partial charge in [0.25, 0.3) is 0 Å². The van der Waals surface area contributed by atoms with Gasteiger partial charge in [0, 0.05) is 31.7 Å². The summed E-state index contributed by atoms with van der Waals surface area (Å²) in [6, 6.07) is 0. The molecule has 1 aliphatic heterocycles. The average Bonchev–Trinajstić information content (AvgIpc) is 2.78. The smallest absolute Gasteiger partial charge is 0.156 e. The van der Waals surface area contributed by atoms with Gasteiger partial charge >= 0.3 is 0 Å². The third-order valence-electron chi connectivity index (χ3n) is 4.24. The highest BCUT2D eigenvalue weighted by Crippen LogP contribution is 2.20.